The highest BCUT2D eigenvalue weighted by atomic mass is 19.4. The molecule has 1 aromatic carbocycles. The standard InChI is InChI=1S/C19H20F3N3O2/c1-12-11-27-9-8-24(12)6-7-25-16-10-13(26)2-3-14(16)15-4-5-23-18(17(15)25)19(20,21)22/h2-5,10,12,26H,6-9,11H2,1H3. The van der Waals surface area contributed by atoms with E-state index in [1.54, 1.807) is 16.7 Å². The van der Waals surface area contributed by atoms with Crippen LogP contribution in [0.3, 0.4) is 0 Å². The molecule has 0 bridgehead atoms. The minimum Gasteiger partial charge on any atom is -0.508 e. The normalized spacial score (nSPS) is 19.2. The third kappa shape index (κ3) is 3.23. The molecule has 144 valence electrons. The highest BCUT2D eigenvalue weighted by Crippen LogP contribution is 2.38. The molecule has 1 fully saturated rings. The molecular formula is C19H20F3N3O2. The number of benzene rings is 1. The number of ether oxygens (including phenoxy) is 1. The lowest BCUT2D eigenvalue weighted by molar-refractivity contribution is -0.140. The maximum absolute atomic E-state index is 13.6. The number of aromatic hydroxyl groups is 1. The lowest BCUT2D eigenvalue weighted by Crippen LogP contribution is -2.44. The maximum Gasteiger partial charge on any atom is 0.435 e. The molecule has 5 nitrogen and oxygen atoms in total. The summed E-state index contributed by atoms with van der Waals surface area (Å²) in [6, 6.07) is 6.46. The molecule has 1 atom stereocenters. The topological polar surface area (TPSA) is 50.5 Å². The molecule has 0 saturated carbocycles. The summed E-state index contributed by atoms with van der Waals surface area (Å²) in [6.45, 7) is 4.97. The largest absolute Gasteiger partial charge is 0.508 e. The number of rotatable bonds is 3. The number of phenolic OH excluding ortho intramolecular Hbond substituents is 1. The summed E-state index contributed by atoms with van der Waals surface area (Å²) in [4.78, 5) is 5.83. The van der Waals surface area contributed by atoms with Crippen molar-refractivity contribution >= 4 is 21.8 Å². The highest BCUT2D eigenvalue weighted by molar-refractivity contribution is 6.09. The average molecular weight is 379 g/mol. The van der Waals surface area contributed by atoms with Crippen LogP contribution in [0.15, 0.2) is 30.5 Å². The summed E-state index contributed by atoms with van der Waals surface area (Å²) < 4.78 is 47.9. The van der Waals surface area contributed by atoms with Crippen LogP contribution >= 0.6 is 0 Å². The van der Waals surface area contributed by atoms with Crippen LogP contribution < -0.4 is 0 Å². The lowest BCUT2D eigenvalue weighted by atomic mass is 10.1. The Morgan fingerprint density at radius 3 is 2.78 bits per heavy atom. The SMILES string of the molecule is CC1COCCN1CCn1c2cc(O)ccc2c2ccnc(C(F)(F)F)c21. The molecule has 27 heavy (non-hydrogen) atoms. The van der Waals surface area contributed by atoms with Crippen molar-refractivity contribution in [2.45, 2.75) is 25.7 Å². The predicted octanol–water partition coefficient (Wildman–Crippen LogP) is 3.63. The second-order valence-electron chi connectivity index (χ2n) is 6.87. The van der Waals surface area contributed by atoms with E-state index in [1.165, 1.54) is 18.3 Å². The van der Waals surface area contributed by atoms with E-state index < -0.39 is 11.9 Å². The Morgan fingerprint density at radius 1 is 1.22 bits per heavy atom. The van der Waals surface area contributed by atoms with Crippen LogP contribution in [0, 0.1) is 0 Å². The molecule has 3 aromatic rings. The third-order valence-electron chi connectivity index (χ3n) is 5.14. The van der Waals surface area contributed by atoms with Gasteiger partial charge in [0.25, 0.3) is 0 Å². The van der Waals surface area contributed by atoms with Crippen molar-refractivity contribution in [3.8, 4) is 5.75 Å². The molecule has 0 aliphatic carbocycles. The van der Waals surface area contributed by atoms with Crippen molar-refractivity contribution in [3.05, 3.63) is 36.2 Å². The minimum absolute atomic E-state index is 0.0211. The molecule has 0 spiro atoms. The number of pyridine rings is 1. The highest BCUT2D eigenvalue weighted by Gasteiger charge is 2.36. The second kappa shape index (κ2) is 6.69. The maximum atomic E-state index is 13.6. The zero-order valence-electron chi connectivity index (χ0n) is 14.8. The van der Waals surface area contributed by atoms with Crippen molar-refractivity contribution in [3.63, 3.8) is 0 Å². The van der Waals surface area contributed by atoms with Gasteiger partial charge in [-0.3, -0.25) is 4.90 Å². The number of phenols is 1. The Bertz CT molecular complexity index is 984. The Balaban J connectivity index is 1.86. The van der Waals surface area contributed by atoms with Gasteiger partial charge in [-0.1, -0.05) is 0 Å². The van der Waals surface area contributed by atoms with Gasteiger partial charge in [0.05, 0.1) is 24.2 Å². The van der Waals surface area contributed by atoms with E-state index in [-0.39, 0.29) is 17.3 Å². The van der Waals surface area contributed by atoms with Gasteiger partial charge in [0, 0.05) is 48.7 Å². The molecule has 8 heteroatoms. The lowest BCUT2D eigenvalue weighted by Gasteiger charge is -2.33. The van der Waals surface area contributed by atoms with Gasteiger partial charge in [-0.15, -0.1) is 0 Å². The van der Waals surface area contributed by atoms with E-state index in [2.05, 4.69) is 9.88 Å². The fourth-order valence-electron chi connectivity index (χ4n) is 3.80. The van der Waals surface area contributed by atoms with Crippen LogP contribution in [0.25, 0.3) is 21.8 Å². The van der Waals surface area contributed by atoms with E-state index in [0.717, 1.165) is 6.54 Å². The first-order valence-electron chi connectivity index (χ1n) is 8.85. The van der Waals surface area contributed by atoms with Crippen LogP contribution in [-0.2, 0) is 17.5 Å². The van der Waals surface area contributed by atoms with Crippen molar-refractivity contribution in [1.29, 1.82) is 0 Å². The van der Waals surface area contributed by atoms with Gasteiger partial charge < -0.3 is 14.4 Å². The van der Waals surface area contributed by atoms with Crippen LogP contribution in [0.2, 0.25) is 0 Å². The summed E-state index contributed by atoms with van der Waals surface area (Å²) in [5.41, 5.74) is -0.262. The Morgan fingerprint density at radius 2 is 2.04 bits per heavy atom. The molecule has 4 rings (SSSR count). The van der Waals surface area contributed by atoms with Crippen molar-refractivity contribution in [2.75, 3.05) is 26.3 Å². The first kappa shape index (κ1) is 18.1. The summed E-state index contributed by atoms with van der Waals surface area (Å²) in [5.74, 6) is 0.0211. The molecule has 0 radical (unpaired) electrons. The Kier molecular flexibility index (Phi) is 4.47. The summed E-state index contributed by atoms with van der Waals surface area (Å²) in [6.07, 6.45) is -3.37. The molecule has 3 heterocycles. The van der Waals surface area contributed by atoms with Gasteiger partial charge >= 0.3 is 6.18 Å². The zero-order chi connectivity index (χ0) is 19.2. The Labute approximate surface area is 154 Å². The number of fused-ring (bicyclic) bond motifs is 3. The zero-order valence-corrected chi connectivity index (χ0v) is 14.8. The summed E-state index contributed by atoms with van der Waals surface area (Å²) in [7, 11) is 0. The molecule has 2 aromatic heterocycles. The second-order valence-corrected chi connectivity index (χ2v) is 6.87. The fourth-order valence-corrected chi connectivity index (χ4v) is 3.80. The van der Waals surface area contributed by atoms with Crippen LogP contribution in [0.1, 0.15) is 12.6 Å². The van der Waals surface area contributed by atoms with E-state index in [4.69, 9.17) is 4.74 Å². The van der Waals surface area contributed by atoms with E-state index in [1.807, 2.05) is 6.92 Å². The van der Waals surface area contributed by atoms with Crippen LogP contribution in [0.4, 0.5) is 13.2 Å². The van der Waals surface area contributed by atoms with Gasteiger partial charge in [-0.05, 0) is 25.1 Å². The molecular weight excluding hydrogens is 359 g/mol. The van der Waals surface area contributed by atoms with Gasteiger partial charge in [-0.2, -0.15) is 13.2 Å². The minimum atomic E-state index is -4.56. The first-order valence-corrected chi connectivity index (χ1v) is 8.85. The van der Waals surface area contributed by atoms with Crippen LogP contribution in [-0.4, -0.2) is 51.9 Å². The van der Waals surface area contributed by atoms with Gasteiger partial charge in [0.15, 0.2) is 5.69 Å². The Hall–Kier alpha value is -2.32. The van der Waals surface area contributed by atoms with Crippen LogP contribution in [0.5, 0.6) is 5.75 Å². The van der Waals surface area contributed by atoms with Gasteiger partial charge in [-0.25, -0.2) is 4.98 Å². The summed E-state index contributed by atoms with van der Waals surface area (Å²) in [5, 5.41) is 11.1. The first-order chi connectivity index (χ1) is 12.9. The van der Waals surface area contributed by atoms with Crippen molar-refractivity contribution in [2.24, 2.45) is 0 Å². The predicted molar refractivity (Wildman–Crippen MR) is 95.8 cm³/mol. The quantitative estimate of drug-likeness (QED) is 0.755. The van der Waals surface area contributed by atoms with E-state index in [0.29, 0.717) is 42.6 Å². The molecule has 1 unspecified atom stereocenters. The third-order valence-corrected chi connectivity index (χ3v) is 5.14. The number of aromatic nitrogens is 2. The molecule has 1 aliphatic rings. The number of halogens is 3. The molecule has 1 aliphatic heterocycles. The number of hydrogen-bond donors (Lipinski definition) is 1. The van der Waals surface area contributed by atoms with E-state index in [9.17, 15) is 18.3 Å². The fraction of sp³-hybridized carbons (Fsp3) is 0.421. The molecule has 0 amide bonds. The molecule has 1 N–H and O–H groups in total. The van der Waals surface area contributed by atoms with E-state index >= 15 is 0 Å². The smallest absolute Gasteiger partial charge is 0.435 e. The summed E-state index contributed by atoms with van der Waals surface area (Å²) >= 11 is 0. The molecule has 1 saturated heterocycles. The number of morpholine rings is 1. The monoisotopic (exact) mass is 379 g/mol. The van der Waals surface area contributed by atoms with Crippen molar-refractivity contribution < 1.29 is 23.0 Å². The van der Waals surface area contributed by atoms with Crippen molar-refractivity contribution in [1.82, 2.24) is 14.5 Å². The van der Waals surface area contributed by atoms with Gasteiger partial charge in [0.1, 0.15) is 5.75 Å². The number of nitrogens with zero attached hydrogens (tertiary/aromatic N) is 3. The average Bonchev–Trinajstić information content (AvgIpc) is 2.93. The number of alkyl halides is 3. The van der Waals surface area contributed by atoms with Gasteiger partial charge in [0.2, 0.25) is 0 Å². The number of hydrogen-bond acceptors (Lipinski definition) is 4.